The molecule has 0 aliphatic carbocycles. The van der Waals surface area contributed by atoms with Crippen LogP contribution in [0.5, 0.6) is 0 Å². The Bertz CT molecular complexity index is 801. The number of anilines is 1. The van der Waals surface area contributed by atoms with Crippen molar-refractivity contribution in [1.82, 2.24) is 4.90 Å². The maximum absolute atomic E-state index is 12.4. The van der Waals surface area contributed by atoms with Crippen molar-refractivity contribution in [1.29, 1.82) is 0 Å². The average molecular weight is 403 g/mol. The molecule has 24 heavy (non-hydrogen) atoms. The molecule has 0 atom stereocenters. The molecule has 122 valence electrons. The van der Waals surface area contributed by atoms with Crippen molar-refractivity contribution in [3.8, 4) is 0 Å². The Hall–Kier alpha value is -2.05. The molecule has 1 heterocycles. The molecule has 0 bridgehead atoms. The number of rotatable bonds is 4. The number of halogens is 1. The quantitative estimate of drug-likeness (QED) is 0.741. The normalized spacial score (nSPS) is 16.1. The maximum atomic E-state index is 12.4. The number of hydrogen-bond acceptors (Lipinski definition) is 4. The van der Waals surface area contributed by atoms with Crippen LogP contribution in [0.1, 0.15) is 11.1 Å². The predicted molar refractivity (Wildman–Crippen MR) is 102 cm³/mol. The summed E-state index contributed by atoms with van der Waals surface area (Å²) in [7, 11) is 0. The molecule has 0 spiro atoms. The summed E-state index contributed by atoms with van der Waals surface area (Å²) < 4.78 is 0.972. The molecule has 2 aromatic carbocycles. The molecule has 1 fully saturated rings. The second-order valence-corrected chi connectivity index (χ2v) is 7.27. The van der Waals surface area contributed by atoms with Crippen molar-refractivity contribution in [2.75, 3.05) is 12.0 Å². The first-order valence-electron chi connectivity index (χ1n) is 7.34. The van der Waals surface area contributed by atoms with Crippen LogP contribution in [-0.2, 0) is 4.79 Å². The van der Waals surface area contributed by atoms with Gasteiger partial charge >= 0.3 is 0 Å². The third-order valence-electron chi connectivity index (χ3n) is 3.53. The summed E-state index contributed by atoms with van der Waals surface area (Å²) in [6.07, 6.45) is 1.75. The molecule has 4 nitrogen and oxygen atoms in total. The van der Waals surface area contributed by atoms with Crippen molar-refractivity contribution >= 4 is 50.6 Å². The largest absolute Gasteiger partial charge is 0.367 e. The van der Waals surface area contributed by atoms with Crippen LogP contribution in [0.4, 0.5) is 10.5 Å². The van der Waals surface area contributed by atoms with E-state index in [1.807, 2.05) is 55.5 Å². The summed E-state index contributed by atoms with van der Waals surface area (Å²) in [5.74, 6) is -0.268. The molecule has 0 unspecified atom stereocenters. The molecule has 1 saturated heterocycles. The van der Waals surface area contributed by atoms with E-state index in [0.717, 1.165) is 33.0 Å². The van der Waals surface area contributed by atoms with Crippen molar-refractivity contribution in [3.63, 3.8) is 0 Å². The Balaban J connectivity index is 1.69. The molecular weight excluding hydrogens is 388 g/mol. The summed E-state index contributed by atoms with van der Waals surface area (Å²) in [6.45, 7) is 2.16. The van der Waals surface area contributed by atoms with Crippen LogP contribution in [0.25, 0.3) is 6.08 Å². The Morgan fingerprint density at radius 2 is 1.75 bits per heavy atom. The molecule has 3 rings (SSSR count). The lowest BCUT2D eigenvalue weighted by Crippen LogP contribution is -2.33. The molecule has 2 aromatic rings. The summed E-state index contributed by atoms with van der Waals surface area (Å²) in [6, 6.07) is 15.4. The standard InChI is InChI=1S/C18H15BrN2O2S/c1-12-2-4-13(5-3-12)10-16-17(22)21(18(23)24-16)11-20-15-8-6-14(19)7-9-15/h2-10,20H,11H2,1H3/b16-10-. The van der Waals surface area contributed by atoms with Gasteiger partial charge in [-0.05, 0) is 54.6 Å². The lowest BCUT2D eigenvalue weighted by atomic mass is 10.1. The average Bonchev–Trinajstić information content (AvgIpc) is 2.83. The van der Waals surface area contributed by atoms with Gasteiger partial charge in [-0.1, -0.05) is 45.8 Å². The first-order valence-corrected chi connectivity index (χ1v) is 8.95. The molecular formula is C18H15BrN2O2S. The molecule has 0 aromatic heterocycles. The number of aryl methyl sites for hydroxylation is 1. The van der Waals surface area contributed by atoms with Crippen molar-refractivity contribution in [3.05, 3.63) is 69.0 Å². The van der Waals surface area contributed by atoms with Gasteiger partial charge in [0.25, 0.3) is 11.1 Å². The molecule has 0 saturated carbocycles. The lowest BCUT2D eigenvalue weighted by molar-refractivity contribution is -0.122. The number of thioether (sulfide) groups is 1. The van der Waals surface area contributed by atoms with E-state index in [9.17, 15) is 9.59 Å². The van der Waals surface area contributed by atoms with Gasteiger partial charge in [-0.25, -0.2) is 0 Å². The number of nitrogens with zero attached hydrogens (tertiary/aromatic N) is 1. The summed E-state index contributed by atoms with van der Waals surface area (Å²) in [5, 5.41) is 2.83. The van der Waals surface area contributed by atoms with Crippen molar-refractivity contribution in [2.24, 2.45) is 0 Å². The van der Waals surface area contributed by atoms with E-state index in [-0.39, 0.29) is 17.8 Å². The summed E-state index contributed by atoms with van der Waals surface area (Å²) >= 11 is 4.34. The lowest BCUT2D eigenvalue weighted by Gasteiger charge is -2.14. The van der Waals surface area contributed by atoms with Crippen LogP contribution in [0.15, 0.2) is 57.9 Å². The zero-order valence-corrected chi connectivity index (χ0v) is 15.4. The smallest absolute Gasteiger partial charge is 0.295 e. The Kier molecular flexibility index (Phi) is 5.06. The minimum absolute atomic E-state index is 0.150. The van der Waals surface area contributed by atoms with Gasteiger partial charge in [-0.2, -0.15) is 0 Å². The van der Waals surface area contributed by atoms with E-state index in [4.69, 9.17) is 0 Å². The fourth-order valence-corrected chi connectivity index (χ4v) is 3.29. The SMILES string of the molecule is Cc1ccc(/C=C2\SC(=O)N(CNc3ccc(Br)cc3)C2=O)cc1. The topological polar surface area (TPSA) is 49.4 Å². The second kappa shape index (κ2) is 7.23. The van der Waals surface area contributed by atoms with E-state index in [2.05, 4.69) is 21.2 Å². The van der Waals surface area contributed by atoms with Crippen LogP contribution < -0.4 is 5.32 Å². The van der Waals surface area contributed by atoms with Crippen LogP contribution in [0, 0.1) is 6.92 Å². The first-order chi connectivity index (χ1) is 11.5. The fourth-order valence-electron chi connectivity index (χ4n) is 2.19. The molecule has 1 aliphatic heterocycles. The molecule has 1 N–H and O–H groups in total. The number of imide groups is 1. The number of benzene rings is 2. The maximum Gasteiger partial charge on any atom is 0.295 e. The molecule has 1 aliphatic rings. The van der Waals surface area contributed by atoms with Crippen molar-refractivity contribution in [2.45, 2.75) is 6.92 Å². The summed E-state index contributed by atoms with van der Waals surface area (Å²) in [5.41, 5.74) is 2.91. The number of hydrogen-bond donors (Lipinski definition) is 1. The Morgan fingerprint density at radius 3 is 2.42 bits per heavy atom. The zero-order chi connectivity index (χ0) is 17.1. The summed E-state index contributed by atoms with van der Waals surface area (Å²) in [4.78, 5) is 26.2. The third kappa shape index (κ3) is 3.88. The third-order valence-corrected chi connectivity index (χ3v) is 4.97. The molecule has 6 heteroatoms. The Morgan fingerprint density at radius 1 is 1.08 bits per heavy atom. The molecule has 2 amide bonds. The minimum atomic E-state index is -0.268. The van der Waals surface area contributed by atoms with E-state index >= 15 is 0 Å². The van der Waals surface area contributed by atoms with Gasteiger partial charge in [0.1, 0.15) is 0 Å². The highest BCUT2D eigenvalue weighted by atomic mass is 79.9. The number of nitrogens with one attached hydrogen (secondary N) is 1. The minimum Gasteiger partial charge on any atom is -0.367 e. The van der Waals surface area contributed by atoms with Gasteiger partial charge < -0.3 is 5.32 Å². The van der Waals surface area contributed by atoms with Gasteiger partial charge in [0.2, 0.25) is 0 Å². The monoisotopic (exact) mass is 402 g/mol. The first kappa shape index (κ1) is 16.8. The predicted octanol–water partition coefficient (Wildman–Crippen LogP) is 4.86. The van der Waals surface area contributed by atoms with Crippen LogP contribution in [-0.4, -0.2) is 22.7 Å². The van der Waals surface area contributed by atoms with Crippen LogP contribution >= 0.6 is 27.7 Å². The number of amides is 2. The van der Waals surface area contributed by atoms with E-state index < -0.39 is 0 Å². The highest BCUT2D eigenvalue weighted by Crippen LogP contribution is 2.32. The van der Waals surface area contributed by atoms with Gasteiger partial charge in [-0.3, -0.25) is 14.5 Å². The number of carbonyl (C=O) groups is 2. The fraction of sp³-hybridized carbons (Fsp3) is 0.111. The highest BCUT2D eigenvalue weighted by Gasteiger charge is 2.34. The van der Waals surface area contributed by atoms with Gasteiger partial charge in [0.05, 0.1) is 11.6 Å². The van der Waals surface area contributed by atoms with E-state index in [1.54, 1.807) is 6.08 Å². The van der Waals surface area contributed by atoms with Gasteiger partial charge in [0, 0.05) is 10.2 Å². The van der Waals surface area contributed by atoms with Gasteiger partial charge in [-0.15, -0.1) is 0 Å². The zero-order valence-electron chi connectivity index (χ0n) is 13.0. The van der Waals surface area contributed by atoms with E-state index in [1.165, 1.54) is 4.90 Å². The van der Waals surface area contributed by atoms with Gasteiger partial charge in [0.15, 0.2) is 0 Å². The second-order valence-electron chi connectivity index (χ2n) is 5.36. The Labute approximate surface area is 153 Å². The highest BCUT2D eigenvalue weighted by molar-refractivity contribution is 9.10. The molecule has 0 radical (unpaired) electrons. The van der Waals surface area contributed by atoms with Crippen molar-refractivity contribution < 1.29 is 9.59 Å². The van der Waals surface area contributed by atoms with Crippen LogP contribution in [0.3, 0.4) is 0 Å². The van der Waals surface area contributed by atoms with Crippen LogP contribution in [0.2, 0.25) is 0 Å². The number of carbonyl (C=O) groups excluding carboxylic acids is 2. The van der Waals surface area contributed by atoms with E-state index in [0.29, 0.717) is 4.91 Å².